The molecule has 154 valence electrons. The van der Waals surface area contributed by atoms with E-state index in [4.69, 9.17) is 9.98 Å². The third-order valence-electron chi connectivity index (χ3n) is 4.52. The third-order valence-corrected chi connectivity index (χ3v) is 6.61. The molecule has 0 atom stereocenters. The van der Waals surface area contributed by atoms with E-state index in [2.05, 4.69) is 72.1 Å². The van der Waals surface area contributed by atoms with E-state index in [0.717, 1.165) is 49.7 Å². The van der Waals surface area contributed by atoms with Gasteiger partial charge in [-0.25, -0.2) is 15.0 Å². The van der Waals surface area contributed by atoms with E-state index in [-0.39, 0.29) is 0 Å². The molecule has 0 radical (unpaired) electrons. The summed E-state index contributed by atoms with van der Waals surface area (Å²) in [7, 11) is 0. The molecule has 0 bridgehead atoms. The van der Waals surface area contributed by atoms with E-state index in [1.165, 1.54) is 20.5 Å². The zero-order valence-corrected chi connectivity index (χ0v) is 19.0. The van der Waals surface area contributed by atoms with Crippen molar-refractivity contribution in [3.8, 4) is 0 Å². The van der Waals surface area contributed by atoms with E-state index in [9.17, 15) is 0 Å². The molecule has 0 aliphatic rings. The molecule has 5 nitrogen and oxygen atoms in total. The minimum atomic E-state index is 0.590. The Kier molecular flexibility index (Phi) is 8.19. The lowest BCUT2D eigenvalue weighted by molar-refractivity contribution is 0.792. The molecular formula is C22H29N5S2. The van der Waals surface area contributed by atoms with Crippen LogP contribution < -0.4 is 10.6 Å². The summed E-state index contributed by atoms with van der Waals surface area (Å²) in [5.74, 6) is 0.830. The first-order chi connectivity index (χ1) is 14.1. The lowest BCUT2D eigenvalue weighted by Gasteiger charge is -2.10. The van der Waals surface area contributed by atoms with Crippen LogP contribution >= 0.6 is 22.7 Å². The fourth-order valence-corrected chi connectivity index (χ4v) is 4.59. The summed E-state index contributed by atoms with van der Waals surface area (Å²) in [6, 6.07) is 10.6. The monoisotopic (exact) mass is 427 g/mol. The number of benzene rings is 1. The number of aliphatic imine (C=N–C) groups is 1. The van der Waals surface area contributed by atoms with E-state index in [1.54, 1.807) is 22.7 Å². The molecule has 0 fully saturated rings. The van der Waals surface area contributed by atoms with Gasteiger partial charge in [-0.1, -0.05) is 30.3 Å². The van der Waals surface area contributed by atoms with Gasteiger partial charge in [-0.3, -0.25) is 0 Å². The second kappa shape index (κ2) is 11.1. The number of hydrogen-bond acceptors (Lipinski definition) is 5. The van der Waals surface area contributed by atoms with Crippen LogP contribution in [0.2, 0.25) is 0 Å². The van der Waals surface area contributed by atoms with Crippen molar-refractivity contribution in [2.45, 2.75) is 46.6 Å². The fraction of sp³-hybridized carbons (Fsp3) is 0.409. The Bertz CT molecular complexity index is 895. The lowest BCUT2D eigenvalue weighted by atomic mass is 10.1. The molecule has 0 aliphatic carbocycles. The Morgan fingerprint density at radius 2 is 1.83 bits per heavy atom. The number of nitrogens with zero attached hydrogens (tertiary/aromatic N) is 3. The first-order valence-electron chi connectivity index (χ1n) is 10.1. The molecule has 29 heavy (non-hydrogen) atoms. The Labute approximate surface area is 181 Å². The SMILES string of the molecule is CCNC(=NCc1csc(CCc2ccccc2)n1)NCCc1nc(C)c(C)s1. The first kappa shape index (κ1) is 21.5. The maximum atomic E-state index is 4.75. The number of nitrogens with one attached hydrogen (secondary N) is 2. The van der Waals surface area contributed by atoms with E-state index in [1.807, 2.05) is 0 Å². The molecule has 0 aliphatic heterocycles. The Hall–Kier alpha value is -2.25. The number of hydrogen-bond donors (Lipinski definition) is 2. The molecule has 2 aromatic heterocycles. The number of aromatic nitrogens is 2. The van der Waals surface area contributed by atoms with Gasteiger partial charge in [0.05, 0.1) is 27.9 Å². The summed E-state index contributed by atoms with van der Waals surface area (Å²) in [6.45, 7) is 8.51. The third kappa shape index (κ3) is 6.94. The highest BCUT2D eigenvalue weighted by molar-refractivity contribution is 7.11. The molecule has 0 amide bonds. The quantitative estimate of drug-likeness (QED) is 0.395. The van der Waals surface area contributed by atoms with E-state index >= 15 is 0 Å². The van der Waals surface area contributed by atoms with Crippen LogP contribution in [0.25, 0.3) is 0 Å². The van der Waals surface area contributed by atoms with Gasteiger partial charge in [0.15, 0.2) is 5.96 Å². The van der Waals surface area contributed by atoms with Gasteiger partial charge in [-0.05, 0) is 32.8 Å². The highest BCUT2D eigenvalue weighted by Crippen LogP contribution is 2.16. The molecule has 3 aromatic rings. The van der Waals surface area contributed by atoms with Crippen LogP contribution in [0.5, 0.6) is 0 Å². The summed E-state index contributed by atoms with van der Waals surface area (Å²) in [6.07, 6.45) is 2.91. The maximum Gasteiger partial charge on any atom is 0.191 e. The predicted octanol–water partition coefficient (Wildman–Crippen LogP) is 4.30. The number of aryl methyl sites for hydroxylation is 4. The van der Waals surface area contributed by atoms with Crippen LogP contribution in [0.1, 0.15) is 38.8 Å². The van der Waals surface area contributed by atoms with Gasteiger partial charge < -0.3 is 10.6 Å². The van der Waals surface area contributed by atoms with Crippen molar-refractivity contribution in [2.75, 3.05) is 13.1 Å². The lowest BCUT2D eigenvalue weighted by Crippen LogP contribution is -2.38. The van der Waals surface area contributed by atoms with Gasteiger partial charge in [0.1, 0.15) is 0 Å². The van der Waals surface area contributed by atoms with Crippen LogP contribution in [0.3, 0.4) is 0 Å². The molecule has 7 heteroatoms. The van der Waals surface area contributed by atoms with Gasteiger partial charge >= 0.3 is 0 Å². The van der Waals surface area contributed by atoms with Gasteiger partial charge in [0.2, 0.25) is 0 Å². The molecule has 0 spiro atoms. The van der Waals surface area contributed by atoms with Gasteiger partial charge in [-0.15, -0.1) is 22.7 Å². The Morgan fingerprint density at radius 3 is 2.55 bits per heavy atom. The fourth-order valence-electron chi connectivity index (χ4n) is 2.87. The highest BCUT2D eigenvalue weighted by Gasteiger charge is 2.06. The maximum absolute atomic E-state index is 4.75. The molecule has 0 saturated carbocycles. The van der Waals surface area contributed by atoms with Crippen molar-refractivity contribution in [3.63, 3.8) is 0 Å². The standard InChI is InChI=1S/C22H29N5S2/c1-4-23-22(24-13-12-21-26-16(2)17(3)29-21)25-14-19-15-28-20(27-19)11-10-18-8-6-5-7-9-18/h5-9,15H,4,10-14H2,1-3H3,(H2,23,24,25). The van der Waals surface area contributed by atoms with Crippen LogP contribution in [0.15, 0.2) is 40.7 Å². The summed E-state index contributed by atoms with van der Waals surface area (Å²) in [5.41, 5.74) is 3.52. The molecule has 0 unspecified atom stereocenters. The van der Waals surface area contributed by atoms with Crippen molar-refractivity contribution < 1.29 is 0 Å². The average molecular weight is 428 g/mol. The highest BCUT2D eigenvalue weighted by atomic mass is 32.1. The smallest absolute Gasteiger partial charge is 0.191 e. The summed E-state index contributed by atoms with van der Waals surface area (Å²) in [5, 5.41) is 11.2. The summed E-state index contributed by atoms with van der Waals surface area (Å²) in [4.78, 5) is 15.3. The Morgan fingerprint density at radius 1 is 1.00 bits per heavy atom. The van der Waals surface area contributed by atoms with Crippen molar-refractivity contribution >= 4 is 28.6 Å². The Balaban J connectivity index is 1.48. The second-order valence-corrected chi connectivity index (χ2v) is 9.07. The summed E-state index contributed by atoms with van der Waals surface area (Å²) < 4.78 is 0. The van der Waals surface area contributed by atoms with Crippen LogP contribution in [-0.4, -0.2) is 29.0 Å². The topological polar surface area (TPSA) is 62.2 Å². The second-order valence-electron chi connectivity index (χ2n) is 6.84. The minimum Gasteiger partial charge on any atom is -0.357 e. The predicted molar refractivity (Wildman–Crippen MR) is 124 cm³/mol. The van der Waals surface area contributed by atoms with E-state index in [0.29, 0.717) is 6.54 Å². The molecular weight excluding hydrogens is 398 g/mol. The molecule has 3 rings (SSSR count). The van der Waals surface area contributed by atoms with Crippen molar-refractivity contribution in [2.24, 2.45) is 4.99 Å². The summed E-state index contributed by atoms with van der Waals surface area (Å²) >= 11 is 3.50. The molecule has 1 aromatic carbocycles. The van der Waals surface area contributed by atoms with Crippen molar-refractivity contribution in [1.82, 2.24) is 20.6 Å². The van der Waals surface area contributed by atoms with Crippen LogP contribution in [-0.2, 0) is 25.8 Å². The number of guanidine groups is 1. The zero-order chi connectivity index (χ0) is 20.5. The van der Waals surface area contributed by atoms with Gasteiger partial charge in [0, 0.05) is 36.2 Å². The average Bonchev–Trinajstić information content (AvgIpc) is 3.31. The largest absolute Gasteiger partial charge is 0.357 e. The van der Waals surface area contributed by atoms with Crippen LogP contribution in [0.4, 0.5) is 0 Å². The molecule has 0 saturated heterocycles. The number of rotatable bonds is 9. The van der Waals surface area contributed by atoms with E-state index < -0.39 is 0 Å². The zero-order valence-electron chi connectivity index (χ0n) is 17.4. The van der Waals surface area contributed by atoms with Crippen LogP contribution in [0, 0.1) is 13.8 Å². The van der Waals surface area contributed by atoms with Gasteiger partial charge in [0.25, 0.3) is 0 Å². The van der Waals surface area contributed by atoms with Crippen molar-refractivity contribution in [1.29, 1.82) is 0 Å². The minimum absolute atomic E-state index is 0.590. The number of thiazole rings is 2. The molecule has 2 heterocycles. The first-order valence-corrected chi connectivity index (χ1v) is 11.8. The normalized spacial score (nSPS) is 11.6. The van der Waals surface area contributed by atoms with Crippen molar-refractivity contribution in [3.05, 3.63) is 67.6 Å². The van der Waals surface area contributed by atoms with Gasteiger partial charge in [-0.2, -0.15) is 0 Å². The molecule has 2 N–H and O–H groups in total.